The fourth-order valence-corrected chi connectivity index (χ4v) is 2.43. The third-order valence-corrected chi connectivity index (χ3v) is 3.42. The van der Waals surface area contributed by atoms with E-state index in [1.165, 1.54) is 16.0 Å². The fourth-order valence-electron chi connectivity index (χ4n) is 2.43. The van der Waals surface area contributed by atoms with Gasteiger partial charge in [0, 0.05) is 7.05 Å². The van der Waals surface area contributed by atoms with E-state index in [-0.39, 0.29) is 23.7 Å². The maximum atomic E-state index is 11.6. The third kappa shape index (κ3) is 1.11. The molecule has 0 bridgehead atoms. The predicted molar refractivity (Wildman–Crippen MR) is 52.4 cm³/mol. The van der Waals surface area contributed by atoms with Crippen molar-refractivity contribution >= 4 is 11.8 Å². The summed E-state index contributed by atoms with van der Waals surface area (Å²) < 4.78 is 0. The van der Waals surface area contributed by atoms with E-state index in [1.807, 2.05) is 0 Å². The molecule has 2 unspecified atom stereocenters. The fraction of sp³-hybridized carbons (Fsp3) is 0.636. The average molecular weight is 193 g/mol. The van der Waals surface area contributed by atoms with Crippen LogP contribution < -0.4 is 0 Å². The lowest BCUT2D eigenvalue weighted by atomic mass is 10.00. The van der Waals surface area contributed by atoms with Gasteiger partial charge in [-0.2, -0.15) is 0 Å². The molecule has 0 spiro atoms. The molecule has 0 aromatic rings. The van der Waals surface area contributed by atoms with Crippen LogP contribution in [0.15, 0.2) is 11.1 Å². The van der Waals surface area contributed by atoms with Crippen LogP contribution >= 0.6 is 0 Å². The number of fused-ring (bicyclic) bond motifs is 1. The van der Waals surface area contributed by atoms with E-state index in [1.54, 1.807) is 7.05 Å². The minimum atomic E-state index is -0.0580. The normalized spacial score (nSPS) is 31.4. The quantitative estimate of drug-likeness (QED) is 0.430. The number of rotatable bonds is 0. The zero-order valence-electron chi connectivity index (χ0n) is 8.83. The summed E-state index contributed by atoms with van der Waals surface area (Å²) in [4.78, 5) is 24.6. The van der Waals surface area contributed by atoms with E-state index in [0.717, 1.165) is 12.8 Å². The van der Waals surface area contributed by atoms with Crippen LogP contribution in [0.4, 0.5) is 0 Å². The molecule has 2 rings (SSSR count). The minimum absolute atomic E-state index is 0.0104. The van der Waals surface area contributed by atoms with Crippen LogP contribution in [-0.4, -0.2) is 23.8 Å². The van der Waals surface area contributed by atoms with Gasteiger partial charge < -0.3 is 0 Å². The summed E-state index contributed by atoms with van der Waals surface area (Å²) in [5.74, 6) is -0.0951. The number of likely N-dealkylation sites (tertiary alicyclic amines) is 1. The van der Waals surface area contributed by atoms with Crippen molar-refractivity contribution in [1.82, 2.24) is 4.90 Å². The van der Waals surface area contributed by atoms with Crippen molar-refractivity contribution in [3.63, 3.8) is 0 Å². The highest BCUT2D eigenvalue weighted by molar-refractivity contribution is 6.05. The van der Waals surface area contributed by atoms with Crippen molar-refractivity contribution in [3.05, 3.63) is 11.1 Å². The van der Waals surface area contributed by atoms with Crippen LogP contribution in [0.25, 0.3) is 0 Å². The van der Waals surface area contributed by atoms with Crippen molar-refractivity contribution in [3.8, 4) is 0 Å². The lowest BCUT2D eigenvalue weighted by Crippen LogP contribution is -2.27. The zero-order valence-corrected chi connectivity index (χ0v) is 8.83. The monoisotopic (exact) mass is 193 g/mol. The molecule has 3 nitrogen and oxygen atoms in total. The first kappa shape index (κ1) is 9.44. The number of amides is 2. The molecular formula is C11H15NO2. The highest BCUT2D eigenvalue weighted by Crippen LogP contribution is 2.43. The smallest absolute Gasteiger partial charge is 0.233 e. The van der Waals surface area contributed by atoms with Crippen LogP contribution in [0.2, 0.25) is 0 Å². The van der Waals surface area contributed by atoms with E-state index in [9.17, 15) is 9.59 Å². The Morgan fingerprint density at radius 1 is 1.14 bits per heavy atom. The topological polar surface area (TPSA) is 37.4 Å². The largest absolute Gasteiger partial charge is 0.285 e. The molecule has 0 aromatic carbocycles. The molecule has 2 aliphatic rings. The molecule has 0 radical (unpaired) electrons. The number of carbonyl (C=O) groups excluding carboxylic acids is 2. The Morgan fingerprint density at radius 2 is 1.57 bits per heavy atom. The van der Waals surface area contributed by atoms with Crippen LogP contribution in [-0.2, 0) is 9.59 Å². The summed E-state index contributed by atoms with van der Waals surface area (Å²) in [5.41, 5.74) is 2.57. The first-order valence-electron chi connectivity index (χ1n) is 4.99. The van der Waals surface area contributed by atoms with Gasteiger partial charge in [-0.1, -0.05) is 11.1 Å². The van der Waals surface area contributed by atoms with Gasteiger partial charge in [-0.25, -0.2) is 0 Å². The van der Waals surface area contributed by atoms with Crippen molar-refractivity contribution in [2.75, 3.05) is 7.05 Å². The second-order valence-corrected chi connectivity index (χ2v) is 4.46. The van der Waals surface area contributed by atoms with Crippen molar-refractivity contribution in [2.24, 2.45) is 11.8 Å². The molecule has 1 saturated carbocycles. The average Bonchev–Trinajstić information content (AvgIpc) is 2.64. The molecule has 1 aliphatic carbocycles. The molecule has 0 aromatic heterocycles. The highest BCUT2D eigenvalue weighted by atomic mass is 16.2. The lowest BCUT2D eigenvalue weighted by Gasteiger charge is -2.09. The molecule has 3 heteroatoms. The van der Waals surface area contributed by atoms with Crippen LogP contribution in [0, 0.1) is 11.8 Å². The molecule has 2 amide bonds. The molecule has 2 atom stereocenters. The molecular weight excluding hydrogens is 178 g/mol. The summed E-state index contributed by atoms with van der Waals surface area (Å²) in [5, 5.41) is 0. The Labute approximate surface area is 83.8 Å². The Balaban J connectivity index is 2.29. The first-order valence-corrected chi connectivity index (χ1v) is 4.99. The van der Waals surface area contributed by atoms with Gasteiger partial charge in [0.1, 0.15) is 0 Å². The van der Waals surface area contributed by atoms with Gasteiger partial charge >= 0.3 is 0 Å². The van der Waals surface area contributed by atoms with Crippen molar-refractivity contribution in [2.45, 2.75) is 26.7 Å². The molecule has 76 valence electrons. The summed E-state index contributed by atoms with van der Waals surface area (Å²) in [6.07, 6.45) is 1.59. The van der Waals surface area contributed by atoms with Gasteiger partial charge in [0.25, 0.3) is 0 Å². The maximum Gasteiger partial charge on any atom is 0.233 e. The lowest BCUT2D eigenvalue weighted by molar-refractivity contribution is -0.138. The molecule has 1 heterocycles. The van der Waals surface area contributed by atoms with Gasteiger partial charge in [-0.05, 0) is 26.7 Å². The van der Waals surface area contributed by atoms with E-state index in [4.69, 9.17) is 0 Å². The molecule has 1 saturated heterocycles. The Bertz CT molecular complexity index is 313. The Kier molecular flexibility index (Phi) is 1.98. The molecule has 0 N–H and O–H groups in total. The Morgan fingerprint density at radius 3 is 1.93 bits per heavy atom. The van der Waals surface area contributed by atoms with Crippen molar-refractivity contribution in [1.29, 1.82) is 0 Å². The summed E-state index contributed by atoms with van der Waals surface area (Å²) in [7, 11) is 1.59. The van der Waals surface area contributed by atoms with E-state index in [0.29, 0.717) is 0 Å². The number of carbonyl (C=O) groups is 2. The van der Waals surface area contributed by atoms with Crippen LogP contribution in [0.5, 0.6) is 0 Å². The second kappa shape index (κ2) is 2.94. The summed E-state index contributed by atoms with van der Waals surface area (Å²) in [6.45, 7) is 4.10. The number of hydrogen-bond donors (Lipinski definition) is 0. The first-order chi connectivity index (χ1) is 6.52. The van der Waals surface area contributed by atoms with Crippen LogP contribution in [0.3, 0.4) is 0 Å². The zero-order chi connectivity index (χ0) is 10.5. The molecule has 2 fully saturated rings. The number of hydrogen-bond acceptors (Lipinski definition) is 2. The van der Waals surface area contributed by atoms with E-state index >= 15 is 0 Å². The SMILES string of the molecule is CC(C)=C1CC2C(=O)N(C)C(=O)C2C1. The minimum Gasteiger partial charge on any atom is -0.285 e. The van der Waals surface area contributed by atoms with E-state index in [2.05, 4.69) is 13.8 Å². The molecule has 14 heavy (non-hydrogen) atoms. The maximum absolute atomic E-state index is 11.6. The van der Waals surface area contributed by atoms with Crippen LogP contribution in [0.1, 0.15) is 26.7 Å². The number of nitrogens with zero attached hydrogens (tertiary/aromatic N) is 1. The summed E-state index contributed by atoms with van der Waals surface area (Å²) >= 11 is 0. The van der Waals surface area contributed by atoms with Crippen molar-refractivity contribution < 1.29 is 9.59 Å². The Hall–Kier alpha value is -1.12. The van der Waals surface area contributed by atoms with Gasteiger partial charge in [0.2, 0.25) is 11.8 Å². The molecule has 1 aliphatic heterocycles. The number of allylic oxidation sites excluding steroid dienone is 2. The van der Waals surface area contributed by atoms with Gasteiger partial charge in [-0.3, -0.25) is 14.5 Å². The van der Waals surface area contributed by atoms with Gasteiger partial charge in [-0.15, -0.1) is 0 Å². The second-order valence-electron chi connectivity index (χ2n) is 4.46. The van der Waals surface area contributed by atoms with Gasteiger partial charge in [0.05, 0.1) is 11.8 Å². The summed E-state index contributed by atoms with van der Waals surface area (Å²) in [6, 6.07) is 0. The predicted octanol–water partition coefficient (Wildman–Crippen LogP) is 1.35. The third-order valence-electron chi connectivity index (χ3n) is 3.42. The van der Waals surface area contributed by atoms with E-state index < -0.39 is 0 Å². The number of imide groups is 1. The highest BCUT2D eigenvalue weighted by Gasteiger charge is 2.49. The van der Waals surface area contributed by atoms with Gasteiger partial charge in [0.15, 0.2) is 0 Å². The standard InChI is InChI=1S/C11H15NO2/c1-6(2)7-4-8-9(5-7)11(14)12(3)10(8)13/h8-9H,4-5H2,1-3H3.